The Kier molecular flexibility index (Phi) is 10.8. The number of esters is 1. The molecule has 224 valence electrons. The van der Waals surface area contributed by atoms with E-state index in [0.717, 1.165) is 16.8 Å². The van der Waals surface area contributed by atoms with E-state index in [1.807, 2.05) is 51.8 Å². The van der Waals surface area contributed by atoms with Crippen molar-refractivity contribution in [3.8, 4) is 5.75 Å². The Hall–Kier alpha value is -3.40. The molecule has 0 bridgehead atoms. The molecule has 1 aliphatic rings. The molecule has 1 heterocycles. The molecule has 1 amide bonds. The Morgan fingerprint density at radius 3 is 2.29 bits per heavy atom. The number of likely N-dealkylation sites (N-methyl/N-ethyl adjacent to an activating group) is 1. The van der Waals surface area contributed by atoms with E-state index >= 15 is 0 Å². The summed E-state index contributed by atoms with van der Waals surface area (Å²) in [4.78, 5) is 41.9. The van der Waals surface area contributed by atoms with Gasteiger partial charge in [-0.2, -0.15) is 0 Å². The van der Waals surface area contributed by atoms with Crippen LogP contribution in [0.25, 0.3) is 0 Å². The molecular weight excluding hydrogens is 588 g/mol. The topological polar surface area (TPSA) is 112 Å². The van der Waals surface area contributed by atoms with Gasteiger partial charge >= 0.3 is 5.97 Å². The van der Waals surface area contributed by atoms with Gasteiger partial charge in [0.2, 0.25) is 0 Å². The molecule has 0 saturated carbocycles. The zero-order valence-electron chi connectivity index (χ0n) is 25.6. The Labute approximate surface area is 253 Å². The standard InChI is InChI=1S/C31H42N4O5.BrH/c1-10-39-26-14-20-16-35(28(32)21(20)15-22(26)29(38)33-8)17-25(36)19-11-12-24(23(13-19)30(2,3)4)34(9)18-27(37)40-31(5,6)7;/h11-15,32H,10,16-18H2,1-9H3,(H,33,38);1H. The van der Waals surface area contributed by atoms with Crippen molar-refractivity contribution >= 4 is 46.2 Å². The van der Waals surface area contributed by atoms with Crippen LogP contribution in [0.3, 0.4) is 0 Å². The van der Waals surface area contributed by atoms with Crippen LogP contribution in [0.1, 0.15) is 85.9 Å². The van der Waals surface area contributed by atoms with Gasteiger partial charge in [0.25, 0.3) is 5.91 Å². The molecule has 0 unspecified atom stereocenters. The molecule has 1 aliphatic heterocycles. The Morgan fingerprint density at radius 2 is 1.73 bits per heavy atom. The van der Waals surface area contributed by atoms with Gasteiger partial charge in [-0.25, -0.2) is 0 Å². The summed E-state index contributed by atoms with van der Waals surface area (Å²) in [5.41, 5.74) is 3.26. The molecule has 2 aromatic rings. The molecule has 0 atom stereocenters. The van der Waals surface area contributed by atoms with Crippen LogP contribution < -0.4 is 15.0 Å². The zero-order valence-corrected chi connectivity index (χ0v) is 27.3. The largest absolute Gasteiger partial charge is 0.493 e. The lowest BCUT2D eigenvalue weighted by molar-refractivity contribution is -0.152. The van der Waals surface area contributed by atoms with E-state index in [9.17, 15) is 14.4 Å². The van der Waals surface area contributed by atoms with Crippen LogP contribution in [-0.4, -0.2) is 67.8 Å². The van der Waals surface area contributed by atoms with Crippen LogP contribution in [0.5, 0.6) is 5.75 Å². The molecule has 10 heteroatoms. The number of hydrogen-bond acceptors (Lipinski definition) is 7. The van der Waals surface area contributed by atoms with Gasteiger partial charge < -0.3 is 24.6 Å². The summed E-state index contributed by atoms with van der Waals surface area (Å²) in [5.74, 6) is -0.0843. The lowest BCUT2D eigenvalue weighted by atomic mass is 9.84. The van der Waals surface area contributed by atoms with Crippen LogP contribution in [0.15, 0.2) is 30.3 Å². The number of ether oxygens (including phenoxy) is 2. The number of amidine groups is 1. The number of carbonyl (C=O) groups is 3. The minimum Gasteiger partial charge on any atom is -0.493 e. The number of halogens is 1. The third-order valence-corrected chi connectivity index (χ3v) is 6.57. The maximum Gasteiger partial charge on any atom is 0.326 e. The van der Waals surface area contributed by atoms with E-state index in [4.69, 9.17) is 14.9 Å². The van der Waals surface area contributed by atoms with E-state index in [0.29, 0.717) is 35.6 Å². The fraction of sp³-hybridized carbons (Fsp3) is 0.484. The Morgan fingerprint density at radius 1 is 1.07 bits per heavy atom. The number of nitrogens with zero attached hydrogens (tertiary/aromatic N) is 2. The number of amides is 1. The minimum absolute atomic E-state index is 0. The predicted octanol–water partition coefficient (Wildman–Crippen LogP) is 5.12. The van der Waals surface area contributed by atoms with E-state index < -0.39 is 5.60 Å². The number of ketones is 1. The highest BCUT2D eigenvalue weighted by atomic mass is 79.9. The quantitative estimate of drug-likeness (QED) is 0.292. The predicted molar refractivity (Wildman–Crippen MR) is 167 cm³/mol. The molecule has 0 aromatic heterocycles. The van der Waals surface area contributed by atoms with Crippen molar-refractivity contribution < 1.29 is 23.9 Å². The summed E-state index contributed by atoms with van der Waals surface area (Å²) in [7, 11) is 3.39. The highest BCUT2D eigenvalue weighted by Crippen LogP contribution is 2.34. The van der Waals surface area contributed by atoms with Gasteiger partial charge in [-0.05, 0) is 74.6 Å². The number of fused-ring (bicyclic) bond motifs is 1. The van der Waals surface area contributed by atoms with Gasteiger partial charge in [0, 0.05) is 37.5 Å². The van der Waals surface area contributed by atoms with Gasteiger partial charge in [0.15, 0.2) is 5.78 Å². The molecule has 9 nitrogen and oxygen atoms in total. The van der Waals surface area contributed by atoms with Gasteiger partial charge in [0.1, 0.15) is 23.7 Å². The number of nitrogens with one attached hydrogen (secondary N) is 2. The molecule has 41 heavy (non-hydrogen) atoms. The Balaban J connectivity index is 0.00000588. The lowest BCUT2D eigenvalue weighted by Gasteiger charge is -2.30. The van der Waals surface area contributed by atoms with Gasteiger partial charge in [-0.1, -0.05) is 20.8 Å². The number of hydrogen-bond donors (Lipinski definition) is 2. The van der Waals surface area contributed by atoms with E-state index in [2.05, 4.69) is 26.1 Å². The molecule has 0 aliphatic carbocycles. The average Bonchev–Trinajstić information content (AvgIpc) is 3.14. The second kappa shape index (κ2) is 13.1. The zero-order chi connectivity index (χ0) is 30.0. The fourth-order valence-electron chi connectivity index (χ4n) is 4.71. The monoisotopic (exact) mass is 630 g/mol. The normalized spacial score (nSPS) is 12.8. The first-order chi connectivity index (χ1) is 18.6. The van der Waals surface area contributed by atoms with Crippen LogP contribution in [0.4, 0.5) is 5.69 Å². The molecule has 0 fully saturated rings. The van der Waals surface area contributed by atoms with Crippen molar-refractivity contribution in [1.29, 1.82) is 5.41 Å². The lowest BCUT2D eigenvalue weighted by Crippen LogP contribution is -2.34. The summed E-state index contributed by atoms with van der Waals surface area (Å²) in [5, 5.41) is 11.3. The van der Waals surface area contributed by atoms with E-state index in [1.165, 1.54) is 0 Å². The summed E-state index contributed by atoms with van der Waals surface area (Å²) in [6.45, 7) is 14.4. The van der Waals surface area contributed by atoms with Gasteiger partial charge in [-0.3, -0.25) is 19.8 Å². The second-order valence-corrected chi connectivity index (χ2v) is 12.1. The highest BCUT2D eigenvalue weighted by Gasteiger charge is 2.30. The van der Waals surface area contributed by atoms with Crippen LogP contribution >= 0.6 is 17.0 Å². The molecule has 0 saturated heterocycles. The van der Waals surface area contributed by atoms with Crippen molar-refractivity contribution in [3.05, 3.63) is 58.1 Å². The van der Waals surface area contributed by atoms with Crippen LogP contribution in [0, 0.1) is 5.41 Å². The molecule has 0 radical (unpaired) electrons. The summed E-state index contributed by atoms with van der Waals surface area (Å²) >= 11 is 0. The summed E-state index contributed by atoms with van der Waals surface area (Å²) in [6.07, 6.45) is 0. The van der Waals surface area contributed by atoms with Crippen molar-refractivity contribution in [2.45, 2.75) is 66.0 Å². The number of carbonyl (C=O) groups excluding carboxylic acids is 3. The first-order valence-electron chi connectivity index (χ1n) is 13.5. The third-order valence-electron chi connectivity index (χ3n) is 6.57. The van der Waals surface area contributed by atoms with Gasteiger partial charge in [-0.15, -0.1) is 17.0 Å². The number of benzene rings is 2. The first-order valence-corrected chi connectivity index (χ1v) is 13.5. The SMILES string of the molecule is Br.CCOc1cc2c(cc1C(=O)NC)C(=N)N(CC(=O)c1ccc(N(C)CC(=O)OC(C)(C)C)c(C(C)(C)C)c1)C2. The van der Waals surface area contributed by atoms with Crippen molar-refractivity contribution in [2.75, 3.05) is 38.7 Å². The molecule has 2 aromatic carbocycles. The third kappa shape index (κ3) is 8.09. The number of rotatable bonds is 9. The maximum atomic E-state index is 13.5. The molecule has 0 spiro atoms. The van der Waals surface area contributed by atoms with Crippen LogP contribution in [0.2, 0.25) is 0 Å². The minimum atomic E-state index is -0.571. The molecule has 3 rings (SSSR count). The second-order valence-electron chi connectivity index (χ2n) is 12.1. The van der Waals surface area contributed by atoms with Crippen molar-refractivity contribution in [3.63, 3.8) is 0 Å². The smallest absolute Gasteiger partial charge is 0.326 e. The highest BCUT2D eigenvalue weighted by molar-refractivity contribution is 8.93. The number of anilines is 1. The Bertz CT molecular complexity index is 1330. The summed E-state index contributed by atoms with van der Waals surface area (Å²) in [6, 6.07) is 8.97. The van der Waals surface area contributed by atoms with Crippen LogP contribution in [-0.2, 0) is 21.5 Å². The average molecular weight is 632 g/mol. The molecule has 2 N–H and O–H groups in total. The van der Waals surface area contributed by atoms with Crippen molar-refractivity contribution in [2.24, 2.45) is 0 Å². The van der Waals surface area contributed by atoms with E-state index in [1.54, 1.807) is 30.1 Å². The molecular formula is C31H43BrN4O5. The fourth-order valence-corrected chi connectivity index (χ4v) is 4.71. The summed E-state index contributed by atoms with van der Waals surface area (Å²) < 4.78 is 11.2. The van der Waals surface area contributed by atoms with Crippen molar-refractivity contribution in [1.82, 2.24) is 10.2 Å². The first kappa shape index (κ1) is 33.8. The number of Topliss-reactive ketones (excluding diaryl/α,β-unsaturated/α-hetero) is 1. The maximum absolute atomic E-state index is 13.5. The van der Waals surface area contributed by atoms with Gasteiger partial charge in [0.05, 0.1) is 18.7 Å². The van der Waals surface area contributed by atoms with E-state index in [-0.39, 0.29) is 59.0 Å².